The number of nitriles is 1. The molecule has 1 rings (SSSR count). The van der Waals surface area contributed by atoms with Gasteiger partial charge in [0.15, 0.2) is 0 Å². The summed E-state index contributed by atoms with van der Waals surface area (Å²) in [6.45, 7) is 5.32. The molecule has 4 heteroatoms. The predicted molar refractivity (Wildman–Crippen MR) is 63.7 cm³/mol. The van der Waals surface area contributed by atoms with Crippen LogP contribution < -0.4 is 5.32 Å². The third kappa shape index (κ3) is 3.28. The van der Waals surface area contributed by atoms with Gasteiger partial charge in [0.05, 0.1) is 6.07 Å². The number of nitrogens with one attached hydrogen (secondary N) is 1. The van der Waals surface area contributed by atoms with E-state index in [2.05, 4.69) is 5.32 Å². The van der Waals surface area contributed by atoms with Crippen LogP contribution in [0.1, 0.15) is 19.4 Å². The average Bonchev–Trinajstić information content (AvgIpc) is 2.22. The maximum atomic E-state index is 12.9. The van der Waals surface area contributed by atoms with Crippen LogP contribution >= 0.6 is 0 Å². The molecule has 0 heterocycles. The van der Waals surface area contributed by atoms with E-state index in [9.17, 15) is 9.18 Å². The Morgan fingerprint density at radius 1 is 1.47 bits per heavy atom. The number of benzene rings is 1. The van der Waals surface area contributed by atoms with E-state index >= 15 is 0 Å². The summed E-state index contributed by atoms with van der Waals surface area (Å²) in [5.41, 5.74) is 1.18. The molecule has 0 spiro atoms. The first-order valence-electron chi connectivity index (χ1n) is 5.42. The zero-order chi connectivity index (χ0) is 13.0. The van der Waals surface area contributed by atoms with Gasteiger partial charge in [-0.25, -0.2) is 4.39 Å². The molecular weight excluding hydrogens is 219 g/mol. The monoisotopic (exact) mass is 234 g/mol. The van der Waals surface area contributed by atoms with Crippen molar-refractivity contribution in [2.75, 3.05) is 5.32 Å². The Hall–Kier alpha value is -1.89. The molecule has 0 bridgehead atoms. The smallest absolute Gasteiger partial charge is 0.241 e. The normalized spacial score (nSPS) is 12.0. The molecule has 0 radical (unpaired) electrons. The highest BCUT2D eigenvalue weighted by Gasteiger charge is 2.21. The van der Waals surface area contributed by atoms with Gasteiger partial charge in [0.1, 0.15) is 11.7 Å². The van der Waals surface area contributed by atoms with E-state index < -0.39 is 5.92 Å². The second kappa shape index (κ2) is 5.44. The summed E-state index contributed by atoms with van der Waals surface area (Å²) < 4.78 is 12.9. The Labute approximate surface area is 100 Å². The van der Waals surface area contributed by atoms with Crippen LogP contribution in [0.2, 0.25) is 0 Å². The van der Waals surface area contributed by atoms with Crippen LogP contribution in [0.15, 0.2) is 18.2 Å². The van der Waals surface area contributed by atoms with Crippen molar-refractivity contribution in [3.05, 3.63) is 29.6 Å². The standard InChI is InChI=1S/C13H15FN2O/c1-8(2)11(7-15)13(17)16-12-5-4-10(14)6-9(12)3/h4-6,8,11H,1-3H3,(H,16,17). The van der Waals surface area contributed by atoms with Crippen molar-refractivity contribution < 1.29 is 9.18 Å². The predicted octanol–water partition coefficient (Wildman–Crippen LogP) is 2.87. The van der Waals surface area contributed by atoms with E-state index in [1.54, 1.807) is 6.92 Å². The highest BCUT2D eigenvalue weighted by molar-refractivity contribution is 5.94. The minimum atomic E-state index is -0.695. The summed E-state index contributed by atoms with van der Waals surface area (Å²) in [7, 11) is 0. The first kappa shape index (κ1) is 13.2. The maximum absolute atomic E-state index is 12.9. The molecule has 17 heavy (non-hydrogen) atoms. The van der Waals surface area contributed by atoms with Crippen LogP contribution in [0.25, 0.3) is 0 Å². The number of amides is 1. The van der Waals surface area contributed by atoms with Crippen LogP contribution in [0.3, 0.4) is 0 Å². The van der Waals surface area contributed by atoms with E-state index in [4.69, 9.17) is 5.26 Å². The van der Waals surface area contributed by atoms with Crippen LogP contribution in [0.4, 0.5) is 10.1 Å². The number of aryl methyl sites for hydroxylation is 1. The number of nitrogens with zero attached hydrogens (tertiary/aromatic N) is 1. The van der Waals surface area contributed by atoms with E-state index in [0.29, 0.717) is 11.3 Å². The number of halogens is 1. The molecule has 0 aliphatic heterocycles. The van der Waals surface area contributed by atoms with Gasteiger partial charge in [0.25, 0.3) is 0 Å². The van der Waals surface area contributed by atoms with E-state index in [-0.39, 0.29) is 17.6 Å². The zero-order valence-electron chi connectivity index (χ0n) is 10.1. The van der Waals surface area contributed by atoms with Gasteiger partial charge >= 0.3 is 0 Å². The van der Waals surface area contributed by atoms with Gasteiger partial charge in [-0.3, -0.25) is 4.79 Å². The van der Waals surface area contributed by atoms with Crippen molar-refractivity contribution in [1.82, 2.24) is 0 Å². The summed E-state index contributed by atoms with van der Waals surface area (Å²) >= 11 is 0. The van der Waals surface area contributed by atoms with Crippen molar-refractivity contribution in [2.45, 2.75) is 20.8 Å². The lowest BCUT2D eigenvalue weighted by Crippen LogP contribution is -2.25. The number of hydrogen-bond donors (Lipinski definition) is 1. The van der Waals surface area contributed by atoms with Crippen LogP contribution in [-0.2, 0) is 4.79 Å². The quantitative estimate of drug-likeness (QED) is 0.874. The first-order valence-corrected chi connectivity index (χ1v) is 5.42. The third-order valence-electron chi connectivity index (χ3n) is 2.53. The van der Waals surface area contributed by atoms with Crippen LogP contribution in [0.5, 0.6) is 0 Å². The molecule has 1 aromatic carbocycles. The molecule has 1 aromatic rings. The van der Waals surface area contributed by atoms with Crippen molar-refractivity contribution in [2.24, 2.45) is 11.8 Å². The molecule has 0 aliphatic rings. The summed E-state index contributed by atoms with van der Waals surface area (Å²) in [4.78, 5) is 11.8. The Balaban J connectivity index is 2.85. The summed E-state index contributed by atoms with van der Waals surface area (Å²) in [5, 5.41) is 11.5. The highest BCUT2D eigenvalue weighted by Crippen LogP contribution is 2.18. The maximum Gasteiger partial charge on any atom is 0.241 e. The van der Waals surface area contributed by atoms with E-state index in [0.717, 1.165) is 0 Å². The number of anilines is 1. The first-order chi connectivity index (χ1) is 7.95. The van der Waals surface area contributed by atoms with Gasteiger partial charge in [-0.2, -0.15) is 5.26 Å². The Bertz CT molecular complexity index is 463. The van der Waals surface area contributed by atoms with E-state index in [1.807, 2.05) is 19.9 Å². The van der Waals surface area contributed by atoms with Crippen molar-refractivity contribution in [3.8, 4) is 6.07 Å². The van der Waals surface area contributed by atoms with Crippen LogP contribution in [0, 0.1) is 35.9 Å². The fourth-order valence-corrected chi connectivity index (χ4v) is 1.49. The number of carbonyl (C=O) groups excluding carboxylic acids is 1. The topological polar surface area (TPSA) is 52.9 Å². The van der Waals surface area contributed by atoms with Crippen LogP contribution in [-0.4, -0.2) is 5.91 Å². The van der Waals surface area contributed by atoms with Gasteiger partial charge in [0.2, 0.25) is 5.91 Å². The highest BCUT2D eigenvalue weighted by atomic mass is 19.1. The zero-order valence-corrected chi connectivity index (χ0v) is 10.1. The molecule has 0 fully saturated rings. The fraction of sp³-hybridized carbons (Fsp3) is 0.385. The molecule has 90 valence electrons. The van der Waals surface area contributed by atoms with Gasteiger partial charge in [-0.05, 0) is 36.6 Å². The summed E-state index contributed by atoms with van der Waals surface area (Å²) in [6, 6.07) is 6.08. The molecule has 0 aromatic heterocycles. The lowest BCUT2D eigenvalue weighted by molar-refractivity contribution is -0.119. The molecule has 1 unspecified atom stereocenters. The Morgan fingerprint density at radius 3 is 2.59 bits per heavy atom. The minimum absolute atomic E-state index is 0.0549. The number of hydrogen-bond acceptors (Lipinski definition) is 2. The molecule has 0 saturated carbocycles. The van der Waals surface area contributed by atoms with Gasteiger partial charge in [-0.1, -0.05) is 13.8 Å². The molecular formula is C13H15FN2O. The average molecular weight is 234 g/mol. The minimum Gasteiger partial charge on any atom is -0.325 e. The van der Waals surface area contributed by atoms with E-state index in [1.165, 1.54) is 18.2 Å². The summed E-state index contributed by atoms with van der Waals surface area (Å²) in [6.07, 6.45) is 0. The molecule has 3 nitrogen and oxygen atoms in total. The Morgan fingerprint density at radius 2 is 2.12 bits per heavy atom. The van der Waals surface area contributed by atoms with Crippen molar-refractivity contribution >= 4 is 11.6 Å². The summed E-state index contributed by atoms with van der Waals surface area (Å²) in [5.74, 6) is -1.45. The Kier molecular flexibility index (Phi) is 4.22. The SMILES string of the molecule is Cc1cc(F)ccc1NC(=O)C(C#N)C(C)C. The lowest BCUT2D eigenvalue weighted by atomic mass is 9.96. The second-order valence-electron chi connectivity index (χ2n) is 4.30. The lowest BCUT2D eigenvalue weighted by Gasteiger charge is -2.14. The third-order valence-corrected chi connectivity index (χ3v) is 2.53. The number of rotatable bonds is 3. The van der Waals surface area contributed by atoms with Crippen molar-refractivity contribution in [3.63, 3.8) is 0 Å². The molecule has 1 N–H and O–H groups in total. The number of carbonyl (C=O) groups is 1. The van der Waals surface area contributed by atoms with Gasteiger partial charge < -0.3 is 5.32 Å². The largest absolute Gasteiger partial charge is 0.325 e. The molecule has 1 amide bonds. The fourth-order valence-electron chi connectivity index (χ4n) is 1.49. The van der Waals surface area contributed by atoms with Gasteiger partial charge in [-0.15, -0.1) is 0 Å². The molecule has 1 atom stereocenters. The molecule has 0 saturated heterocycles. The van der Waals surface area contributed by atoms with Gasteiger partial charge in [0, 0.05) is 5.69 Å². The van der Waals surface area contributed by atoms with Crippen molar-refractivity contribution in [1.29, 1.82) is 5.26 Å². The molecule has 0 aliphatic carbocycles. The second-order valence-corrected chi connectivity index (χ2v) is 4.30.